The lowest BCUT2D eigenvalue weighted by Crippen LogP contribution is -2.37. The molecule has 1 aliphatic heterocycles. The topological polar surface area (TPSA) is 49.4 Å². The van der Waals surface area contributed by atoms with Gasteiger partial charge in [0.2, 0.25) is 5.91 Å². The Bertz CT molecular complexity index is 771. The van der Waals surface area contributed by atoms with E-state index in [4.69, 9.17) is 0 Å². The number of likely N-dealkylation sites (tertiary alicyclic amines) is 1. The number of rotatable bonds is 9. The second-order valence-electron chi connectivity index (χ2n) is 7.64. The summed E-state index contributed by atoms with van der Waals surface area (Å²) in [5.41, 5.74) is 3.24. The zero-order chi connectivity index (χ0) is 19.8. The summed E-state index contributed by atoms with van der Waals surface area (Å²) in [6, 6.07) is 18.4. The lowest BCUT2D eigenvalue weighted by molar-refractivity contribution is -0.121. The Hall–Kier alpha value is -2.46. The van der Waals surface area contributed by atoms with Crippen molar-refractivity contribution < 1.29 is 9.59 Å². The highest BCUT2D eigenvalue weighted by Crippen LogP contribution is 2.14. The largest absolute Gasteiger partial charge is 0.352 e. The number of carbonyl (C=O) groups is 2. The first kappa shape index (κ1) is 20.3. The molecule has 0 aliphatic carbocycles. The van der Waals surface area contributed by atoms with E-state index in [1.54, 1.807) is 0 Å². The fourth-order valence-corrected chi connectivity index (χ4v) is 3.75. The summed E-state index contributed by atoms with van der Waals surface area (Å²) in [6.07, 6.45) is 3.60. The average molecular weight is 379 g/mol. The van der Waals surface area contributed by atoms with Crippen LogP contribution in [0.25, 0.3) is 0 Å². The van der Waals surface area contributed by atoms with Gasteiger partial charge in [-0.1, -0.05) is 67.9 Å². The maximum atomic E-state index is 12.3. The molecular weight excluding hydrogens is 348 g/mol. The van der Waals surface area contributed by atoms with E-state index in [9.17, 15) is 9.59 Å². The summed E-state index contributed by atoms with van der Waals surface area (Å²) < 4.78 is 0. The Labute approximate surface area is 167 Å². The number of carbonyl (C=O) groups excluding carboxylic acids is 2. The minimum atomic E-state index is -0.0254. The SMILES string of the molecule is CCCc1ccc(C(=O)CCC(=O)NC2CCN(Cc3ccccc3)C2)cc1. The molecular formula is C24H30N2O2. The molecule has 1 heterocycles. The van der Waals surface area contributed by atoms with Gasteiger partial charge in [0.1, 0.15) is 0 Å². The molecule has 1 atom stereocenters. The Morgan fingerprint density at radius 1 is 1.00 bits per heavy atom. The molecule has 1 unspecified atom stereocenters. The summed E-state index contributed by atoms with van der Waals surface area (Å²) in [6.45, 7) is 4.92. The molecule has 0 radical (unpaired) electrons. The van der Waals surface area contributed by atoms with E-state index >= 15 is 0 Å². The molecule has 4 nitrogen and oxygen atoms in total. The molecule has 4 heteroatoms. The van der Waals surface area contributed by atoms with Crippen molar-refractivity contribution in [3.8, 4) is 0 Å². The van der Waals surface area contributed by atoms with Crippen LogP contribution in [0.1, 0.15) is 54.1 Å². The van der Waals surface area contributed by atoms with Gasteiger partial charge in [-0.2, -0.15) is 0 Å². The van der Waals surface area contributed by atoms with E-state index in [0.717, 1.165) is 38.9 Å². The van der Waals surface area contributed by atoms with Gasteiger partial charge >= 0.3 is 0 Å². The molecule has 0 aromatic heterocycles. The first-order chi connectivity index (χ1) is 13.6. The molecule has 2 aromatic rings. The second kappa shape index (κ2) is 10.2. The van der Waals surface area contributed by atoms with E-state index in [1.165, 1.54) is 11.1 Å². The number of aryl methyl sites for hydroxylation is 1. The fraction of sp³-hybridized carbons (Fsp3) is 0.417. The number of nitrogens with one attached hydrogen (secondary N) is 1. The monoisotopic (exact) mass is 378 g/mol. The van der Waals surface area contributed by atoms with E-state index in [1.807, 2.05) is 30.3 Å². The minimum Gasteiger partial charge on any atom is -0.352 e. The van der Waals surface area contributed by atoms with E-state index < -0.39 is 0 Å². The lowest BCUT2D eigenvalue weighted by atomic mass is 10.0. The van der Waals surface area contributed by atoms with Crippen molar-refractivity contribution in [2.24, 2.45) is 0 Å². The number of ketones is 1. The van der Waals surface area contributed by atoms with Gasteiger partial charge in [-0.15, -0.1) is 0 Å². The number of Topliss-reactive ketones (excluding diaryl/α,β-unsaturated/α-hetero) is 1. The molecule has 28 heavy (non-hydrogen) atoms. The molecule has 0 spiro atoms. The third-order valence-corrected chi connectivity index (χ3v) is 5.28. The van der Waals surface area contributed by atoms with Crippen molar-refractivity contribution in [1.82, 2.24) is 10.2 Å². The van der Waals surface area contributed by atoms with Crippen LogP contribution < -0.4 is 5.32 Å². The minimum absolute atomic E-state index is 0.0254. The van der Waals surface area contributed by atoms with Gasteiger partial charge < -0.3 is 5.32 Å². The van der Waals surface area contributed by atoms with Crippen molar-refractivity contribution >= 4 is 11.7 Å². The first-order valence-electron chi connectivity index (χ1n) is 10.3. The Morgan fingerprint density at radius 3 is 2.46 bits per heavy atom. The van der Waals surface area contributed by atoms with Gasteiger partial charge in [-0.05, 0) is 24.0 Å². The average Bonchev–Trinajstić information content (AvgIpc) is 3.14. The van der Waals surface area contributed by atoms with E-state index in [-0.39, 0.29) is 30.6 Å². The zero-order valence-electron chi connectivity index (χ0n) is 16.7. The van der Waals surface area contributed by atoms with Crippen LogP contribution in [-0.2, 0) is 17.8 Å². The van der Waals surface area contributed by atoms with Crippen molar-refractivity contribution in [1.29, 1.82) is 0 Å². The van der Waals surface area contributed by atoms with Crippen LogP contribution in [-0.4, -0.2) is 35.7 Å². The van der Waals surface area contributed by atoms with Gasteiger partial charge in [-0.3, -0.25) is 14.5 Å². The smallest absolute Gasteiger partial charge is 0.220 e. The quantitative estimate of drug-likeness (QED) is 0.671. The van der Waals surface area contributed by atoms with Crippen LogP contribution in [0.15, 0.2) is 54.6 Å². The van der Waals surface area contributed by atoms with Crippen LogP contribution in [0.2, 0.25) is 0 Å². The van der Waals surface area contributed by atoms with Crippen LogP contribution in [0.5, 0.6) is 0 Å². The van der Waals surface area contributed by atoms with Gasteiger partial charge in [0.05, 0.1) is 0 Å². The molecule has 3 rings (SSSR count). The first-order valence-corrected chi connectivity index (χ1v) is 10.3. The molecule has 0 bridgehead atoms. The molecule has 1 N–H and O–H groups in total. The van der Waals surface area contributed by atoms with E-state index in [0.29, 0.717) is 5.56 Å². The maximum absolute atomic E-state index is 12.3. The standard InChI is InChI=1S/C24H30N2O2/c1-2-6-19-9-11-21(12-10-19)23(27)13-14-24(28)25-22-15-16-26(18-22)17-20-7-4-3-5-8-20/h3-5,7-12,22H,2,6,13-18H2,1H3,(H,25,28). The number of hydrogen-bond acceptors (Lipinski definition) is 3. The number of nitrogens with zero attached hydrogens (tertiary/aromatic N) is 1. The number of amides is 1. The zero-order valence-corrected chi connectivity index (χ0v) is 16.7. The Balaban J connectivity index is 1.39. The van der Waals surface area contributed by atoms with Crippen molar-refractivity contribution in [2.45, 2.75) is 51.6 Å². The highest BCUT2D eigenvalue weighted by molar-refractivity contribution is 5.98. The normalized spacial score (nSPS) is 16.8. The summed E-state index contributed by atoms with van der Waals surface area (Å²) in [5.74, 6) is 0.0119. The molecule has 1 saturated heterocycles. The van der Waals surface area contributed by atoms with Gasteiger partial charge in [0, 0.05) is 44.1 Å². The lowest BCUT2D eigenvalue weighted by Gasteiger charge is -2.16. The van der Waals surface area contributed by atoms with Crippen LogP contribution in [0.4, 0.5) is 0 Å². The van der Waals surface area contributed by atoms with Crippen molar-refractivity contribution in [3.05, 3.63) is 71.3 Å². The highest BCUT2D eigenvalue weighted by atomic mass is 16.2. The number of hydrogen-bond donors (Lipinski definition) is 1. The molecule has 1 aliphatic rings. The predicted molar refractivity (Wildman–Crippen MR) is 112 cm³/mol. The molecule has 1 fully saturated rings. The van der Waals surface area contributed by atoms with Crippen LogP contribution >= 0.6 is 0 Å². The maximum Gasteiger partial charge on any atom is 0.220 e. The summed E-state index contributed by atoms with van der Waals surface area (Å²) in [5, 5.41) is 3.09. The Morgan fingerprint density at radius 2 is 1.75 bits per heavy atom. The van der Waals surface area contributed by atoms with Gasteiger partial charge in [0.25, 0.3) is 0 Å². The molecule has 1 amide bonds. The highest BCUT2D eigenvalue weighted by Gasteiger charge is 2.23. The van der Waals surface area contributed by atoms with Gasteiger partial charge in [0.15, 0.2) is 5.78 Å². The van der Waals surface area contributed by atoms with Crippen molar-refractivity contribution in [3.63, 3.8) is 0 Å². The predicted octanol–water partition coefficient (Wildman–Crippen LogP) is 3.99. The Kier molecular flexibility index (Phi) is 7.38. The summed E-state index contributed by atoms with van der Waals surface area (Å²) >= 11 is 0. The van der Waals surface area contributed by atoms with Crippen molar-refractivity contribution in [2.75, 3.05) is 13.1 Å². The third-order valence-electron chi connectivity index (χ3n) is 5.28. The van der Waals surface area contributed by atoms with Crippen LogP contribution in [0.3, 0.4) is 0 Å². The number of benzene rings is 2. The molecule has 148 valence electrons. The van der Waals surface area contributed by atoms with Crippen LogP contribution in [0, 0.1) is 0 Å². The fourth-order valence-electron chi connectivity index (χ4n) is 3.75. The molecule has 0 saturated carbocycles. The summed E-state index contributed by atoms with van der Waals surface area (Å²) in [7, 11) is 0. The summed E-state index contributed by atoms with van der Waals surface area (Å²) in [4.78, 5) is 26.9. The second-order valence-corrected chi connectivity index (χ2v) is 7.64. The van der Waals surface area contributed by atoms with E-state index in [2.05, 4.69) is 41.4 Å². The molecule has 2 aromatic carbocycles. The van der Waals surface area contributed by atoms with Gasteiger partial charge in [-0.25, -0.2) is 0 Å². The third kappa shape index (κ3) is 6.03.